The summed E-state index contributed by atoms with van der Waals surface area (Å²) in [6, 6.07) is 6.32. The molecule has 1 fully saturated rings. The van der Waals surface area contributed by atoms with Crippen LogP contribution in [-0.4, -0.2) is 50.5 Å². The van der Waals surface area contributed by atoms with Gasteiger partial charge in [-0.05, 0) is 43.9 Å². The average Bonchev–Trinajstić information content (AvgIpc) is 2.60. The normalized spacial score (nSPS) is 17.0. The first-order valence-corrected chi connectivity index (χ1v) is 10.7. The lowest BCUT2D eigenvalue weighted by molar-refractivity contribution is -0.135. The summed E-state index contributed by atoms with van der Waals surface area (Å²) >= 11 is 0. The smallest absolute Gasteiger partial charge is 0.246 e. The predicted molar refractivity (Wildman–Crippen MR) is 101 cm³/mol. The van der Waals surface area contributed by atoms with Crippen LogP contribution < -0.4 is 10.0 Å². The van der Waals surface area contributed by atoms with E-state index in [1.54, 1.807) is 24.0 Å². The first-order chi connectivity index (χ1) is 12.1. The molecule has 144 valence electrons. The van der Waals surface area contributed by atoms with Crippen molar-refractivity contribution >= 4 is 27.5 Å². The Balaban J connectivity index is 2.20. The van der Waals surface area contributed by atoms with Crippen LogP contribution in [-0.2, 0) is 26.0 Å². The number of hydrogen-bond acceptors (Lipinski definition) is 4. The molecule has 1 atom stereocenters. The molecule has 7 nitrogen and oxygen atoms in total. The fourth-order valence-electron chi connectivity index (χ4n) is 3.33. The number of benzene rings is 1. The predicted octanol–water partition coefficient (Wildman–Crippen LogP) is 1.13. The fourth-order valence-corrected chi connectivity index (χ4v) is 4.50. The van der Waals surface area contributed by atoms with Gasteiger partial charge in [0.05, 0.1) is 11.9 Å². The van der Waals surface area contributed by atoms with E-state index in [2.05, 4.69) is 0 Å². The minimum absolute atomic E-state index is 0.220. The molecule has 0 radical (unpaired) electrons. The SMILES string of the molecule is CCc1ccc(N(C(C)C(=O)N2CCC(C(N)=O)CC2)S(C)(=O)=O)cc1. The minimum atomic E-state index is -3.63. The van der Waals surface area contributed by atoms with Gasteiger partial charge in [0, 0.05) is 19.0 Å². The van der Waals surface area contributed by atoms with Gasteiger partial charge in [-0.3, -0.25) is 13.9 Å². The van der Waals surface area contributed by atoms with Gasteiger partial charge in [-0.15, -0.1) is 0 Å². The highest BCUT2D eigenvalue weighted by Gasteiger charge is 2.34. The average molecular weight is 381 g/mol. The zero-order valence-electron chi connectivity index (χ0n) is 15.5. The monoisotopic (exact) mass is 381 g/mol. The molecule has 1 heterocycles. The molecule has 0 spiro atoms. The summed E-state index contributed by atoms with van der Waals surface area (Å²) in [5, 5.41) is 0. The van der Waals surface area contributed by atoms with Crippen molar-refractivity contribution in [1.82, 2.24) is 4.90 Å². The summed E-state index contributed by atoms with van der Waals surface area (Å²) in [6.45, 7) is 4.43. The van der Waals surface area contributed by atoms with E-state index >= 15 is 0 Å². The zero-order chi connectivity index (χ0) is 19.5. The maximum absolute atomic E-state index is 12.9. The quantitative estimate of drug-likeness (QED) is 0.798. The van der Waals surface area contributed by atoms with Crippen molar-refractivity contribution in [3.63, 3.8) is 0 Å². The summed E-state index contributed by atoms with van der Waals surface area (Å²) < 4.78 is 25.9. The van der Waals surface area contributed by atoms with E-state index in [9.17, 15) is 18.0 Å². The van der Waals surface area contributed by atoms with Gasteiger partial charge in [0.2, 0.25) is 21.8 Å². The van der Waals surface area contributed by atoms with Crippen molar-refractivity contribution in [2.45, 2.75) is 39.2 Å². The van der Waals surface area contributed by atoms with E-state index in [1.165, 1.54) is 0 Å². The molecule has 2 amide bonds. The summed E-state index contributed by atoms with van der Waals surface area (Å²) in [6.07, 6.45) is 2.97. The number of nitrogens with zero attached hydrogens (tertiary/aromatic N) is 2. The first kappa shape index (κ1) is 20.2. The standard InChI is InChI=1S/C18H27N3O4S/c1-4-14-5-7-16(8-6-14)21(26(3,24)25)13(2)18(23)20-11-9-15(10-12-20)17(19)22/h5-8,13,15H,4,9-12H2,1-3H3,(H2,19,22). The number of piperidine rings is 1. The molecule has 1 aliphatic rings. The number of carbonyl (C=O) groups excluding carboxylic acids is 2. The molecule has 2 rings (SSSR count). The second-order valence-corrected chi connectivity index (χ2v) is 8.62. The topological polar surface area (TPSA) is 101 Å². The largest absolute Gasteiger partial charge is 0.369 e. The van der Waals surface area contributed by atoms with E-state index in [0.29, 0.717) is 31.6 Å². The van der Waals surface area contributed by atoms with Crippen LogP contribution >= 0.6 is 0 Å². The molecule has 1 aromatic rings. The molecule has 8 heteroatoms. The summed E-state index contributed by atoms with van der Waals surface area (Å²) in [4.78, 5) is 25.7. The summed E-state index contributed by atoms with van der Waals surface area (Å²) in [5.74, 6) is -0.834. The van der Waals surface area contributed by atoms with Crippen LogP contribution in [0.3, 0.4) is 0 Å². The van der Waals surface area contributed by atoms with Crippen LogP contribution in [0.1, 0.15) is 32.3 Å². The van der Waals surface area contributed by atoms with E-state index in [4.69, 9.17) is 5.73 Å². The molecule has 2 N–H and O–H groups in total. The van der Waals surface area contributed by atoms with Crippen molar-refractivity contribution < 1.29 is 18.0 Å². The third-order valence-electron chi connectivity index (χ3n) is 4.87. The van der Waals surface area contributed by atoms with Gasteiger partial charge < -0.3 is 10.6 Å². The van der Waals surface area contributed by atoms with Gasteiger partial charge in [-0.2, -0.15) is 0 Å². The number of primary amides is 1. The molecule has 1 aliphatic heterocycles. The van der Waals surface area contributed by atoms with Crippen LogP contribution in [0.2, 0.25) is 0 Å². The van der Waals surface area contributed by atoms with Crippen molar-refractivity contribution in [2.24, 2.45) is 11.7 Å². The number of amides is 2. The maximum atomic E-state index is 12.9. The molecule has 0 saturated carbocycles. The Bertz CT molecular complexity index is 753. The number of aryl methyl sites for hydroxylation is 1. The third-order valence-corrected chi connectivity index (χ3v) is 6.12. The lowest BCUT2D eigenvalue weighted by Gasteiger charge is -2.36. The Kier molecular flexibility index (Phi) is 6.28. The number of rotatable bonds is 6. The highest BCUT2D eigenvalue weighted by molar-refractivity contribution is 7.92. The van der Waals surface area contributed by atoms with Crippen LogP contribution in [0, 0.1) is 5.92 Å². The summed E-state index contributed by atoms with van der Waals surface area (Å²) in [5.41, 5.74) is 6.89. The van der Waals surface area contributed by atoms with Gasteiger partial charge in [0.15, 0.2) is 0 Å². The molecular formula is C18H27N3O4S. The number of carbonyl (C=O) groups is 2. The Labute approximate surface area is 155 Å². The molecule has 1 unspecified atom stereocenters. The Morgan fingerprint density at radius 1 is 1.23 bits per heavy atom. The molecule has 1 aromatic carbocycles. The van der Waals surface area contributed by atoms with E-state index in [-0.39, 0.29) is 17.7 Å². The molecular weight excluding hydrogens is 354 g/mol. The maximum Gasteiger partial charge on any atom is 0.246 e. The van der Waals surface area contributed by atoms with Crippen molar-refractivity contribution in [1.29, 1.82) is 0 Å². The molecule has 0 aromatic heterocycles. The van der Waals surface area contributed by atoms with Gasteiger partial charge in [0.25, 0.3) is 0 Å². The second kappa shape index (κ2) is 8.07. The van der Waals surface area contributed by atoms with E-state index in [1.807, 2.05) is 19.1 Å². The first-order valence-electron chi connectivity index (χ1n) is 8.81. The second-order valence-electron chi connectivity index (χ2n) is 6.76. The number of nitrogens with two attached hydrogens (primary N) is 1. The molecule has 26 heavy (non-hydrogen) atoms. The van der Waals surface area contributed by atoms with Gasteiger partial charge in [-0.1, -0.05) is 19.1 Å². The lowest BCUT2D eigenvalue weighted by atomic mass is 9.96. The lowest BCUT2D eigenvalue weighted by Crippen LogP contribution is -2.52. The molecule has 0 aliphatic carbocycles. The van der Waals surface area contributed by atoms with Gasteiger partial charge in [-0.25, -0.2) is 8.42 Å². The Morgan fingerprint density at radius 3 is 2.19 bits per heavy atom. The van der Waals surface area contributed by atoms with Crippen LogP contribution in [0.25, 0.3) is 0 Å². The van der Waals surface area contributed by atoms with Crippen LogP contribution in [0.5, 0.6) is 0 Å². The van der Waals surface area contributed by atoms with Crippen molar-refractivity contribution in [2.75, 3.05) is 23.7 Å². The number of hydrogen-bond donors (Lipinski definition) is 1. The Morgan fingerprint density at radius 2 is 1.77 bits per heavy atom. The van der Waals surface area contributed by atoms with Crippen molar-refractivity contribution in [3.8, 4) is 0 Å². The van der Waals surface area contributed by atoms with E-state index in [0.717, 1.165) is 22.5 Å². The highest BCUT2D eigenvalue weighted by atomic mass is 32.2. The molecule has 1 saturated heterocycles. The van der Waals surface area contributed by atoms with Crippen LogP contribution in [0.4, 0.5) is 5.69 Å². The Hall–Kier alpha value is -2.09. The zero-order valence-corrected chi connectivity index (χ0v) is 16.3. The number of sulfonamides is 1. The van der Waals surface area contributed by atoms with E-state index < -0.39 is 16.1 Å². The molecule has 0 bridgehead atoms. The van der Waals surface area contributed by atoms with Crippen LogP contribution in [0.15, 0.2) is 24.3 Å². The van der Waals surface area contributed by atoms with Gasteiger partial charge >= 0.3 is 0 Å². The van der Waals surface area contributed by atoms with Gasteiger partial charge in [0.1, 0.15) is 6.04 Å². The summed E-state index contributed by atoms with van der Waals surface area (Å²) in [7, 11) is -3.63. The minimum Gasteiger partial charge on any atom is -0.369 e. The van der Waals surface area contributed by atoms with Crippen molar-refractivity contribution in [3.05, 3.63) is 29.8 Å². The fraction of sp³-hybridized carbons (Fsp3) is 0.556. The third kappa shape index (κ3) is 4.55. The number of anilines is 1. The number of likely N-dealkylation sites (tertiary alicyclic amines) is 1. The highest BCUT2D eigenvalue weighted by Crippen LogP contribution is 2.24.